The highest BCUT2D eigenvalue weighted by Crippen LogP contribution is 2.36. The third-order valence-corrected chi connectivity index (χ3v) is 6.20. The number of anilines is 2. The quantitative estimate of drug-likeness (QED) is 0.418. The smallest absolute Gasteiger partial charge is 0.352 e. The van der Waals surface area contributed by atoms with Crippen LogP contribution in [-0.2, 0) is 11.0 Å². The molecule has 172 valence electrons. The number of H-pyrrole nitrogens is 1. The van der Waals surface area contributed by atoms with E-state index < -0.39 is 28.7 Å². The van der Waals surface area contributed by atoms with Crippen LogP contribution in [0.5, 0.6) is 0 Å². The lowest BCUT2D eigenvalue weighted by atomic mass is 10.1. The van der Waals surface area contributed by atoms with Crippen molar-refractivity contribution >= 4 is 52.0 Å². The first-order chi connectivity index (χ1) is 15.6. The van der Waals surface area contributed by atoms with Crippen molar-refractivity contribution in [2.75, 3.05) is 17.3 Å². The van der Waals surface area contributed by atoms with Gasteiger partial charge in [0.25, 0.3) is 11.8 Å². The van der Waals surface area contributed by atoms with Gasteiger partial charge in [0.05, 0.1) is 22.8 Å². The first-order valence-electron chi connectivity index (χ1n) is 9.54. The number of benzene rings is 1. The van der Waals surface area contributed by atoms with Crippen LogP contribution in [0.3, 0.4) is 0 Å². The fraction of sp³-hybridized carbons (Fsp3) is 0.200. The molecule has 0 radical (unpaired) electrons. The molecule has 3 heterocycles. The molecule has 1 aliphatic rings. The van der Waals surface area contributed by atoms with Crippen molar-refractivity contribution in [3.63, 3.8) is 0 Å². The number of hydrogen-bond acceptors (Lipinski definition) is 6. The Morgan fingerprint density at radius 1 is 1.24 bits per heavy atom. The van der Waals surface area contributed by atoms with Crippen molar-refractivity contribution in [2.24, 2.45) is 4.99 Å². The van der Waals surface area contributed by atoms with Gasteiger partial charge in [-0.3, -0.25) is 14.6 Å². The molecule has 3 aromatic rings. The fourth-order valence-electron chi connectivity index (χ4n) is 3.12. The molecule has 2 amide bonds. The average molecular weight is 497 g/mol. The summed E-state index contributed by atoms with van der Waals surface area (Å²) in [4.78, 5) is 36.8. The number of amides is 2. The second kappa shape index (κ2) is 8.87. The number of aromatic amines is 1. The average Bonchev–Trinajstić information content (AvgIpc) is 3.42. The molecule has 1 atom stereocenters. The second-order valence-corrected chi connectivity index (χ2v) is 8.48. The van der Waals surface area contributed by atoms with Crippen LogP contribution in [0.4, 0.5) is 24.7 Å². The zero-order chi connectivity index (χ0) is 23.8. The molecule has 0 saturated heterocycles. The van der Waals surface area contributed by atoms with Gasteiger partial charge in [-0.05, 0) is 31.2 Å². The number of halogens is 4. The van der Waals surface area contributed by atoms with Gasteiger partial charge in [-0.25, -0.2) is 4.98 Å². The predicted molar refractivity (Wildman–Crippen MR) is 119 cm³/mol. The minimum atomic E-state index is -4.59. The summed E-state index contributed by atoms with van der Waals surface area (Å²) < 4.78 is 38.5. The van der Waals surface area contributed by atoms with E-state index in [0.717, 1.165) is 29.5 Å². The van der Waals surface area contributed by atoms with Crippen LogP contribution in [0.1, 0.15) is 38.8 Å². The maximum atomic E-state index is 12.8. The number of hydrogen-bond donors (Lipinski definition) is 4. The Morgan fingerprint density at radius 2 is 2.03 bits per heavy atom. The first-order valence-corrected chi connectivity index (χ1v) is 10.7. The largest absolute Gasteiger partial charge is 0.417 e. The Hall–Kier alpha value is -3.38. The summed E-state index contributed by atoms with van der Waals surface area (Å²) >= 11 is 6.74. The summed E-state index contributed by atoms with van der Waals surface area (Å²) in [6, 6.07) is 4.18. The van der Waals surface area contributed by atoms with Gasteiger partial charge in [0.1, 0.15) is 28.1 Å². The Kier molecular flexibility index (Phi) is 6.13. The number of aliphatic imine (C=N–C) groups is 1. The van der Waals surface area contributed by atoms with E-state index in [1.54, 1.807) is 19.2 Å². The maximum absolute atomic E-state index is 12.8. The third-order valence-electron chi connectivity index (χ3n) is 4.71. The zero-order valence-electron chi connectivity index (χ0n) is 16.9. The fourth-order valence-corrected chi connectivity index (χ4v) is 4.23. The Bertz CT molecular complexity index is 1250. The molecule has 0 spiro atoms. The number of thiazole rings is 1. The van der Waals surface area contributed by atoms with E-state index >= 15 is 0 Å². The number of alkyl halides is 3. The highest BCUT2D eigenvalue weighted by atomic mass is 35.5. The zero-order valence-corrected chi connectivity index (χ0v) is 18.5. The van der Waals surface area contributed by atoms with Gasteiger partial charge in [0, 0.05) is 17.4 Å². The lowest BCUT2D eigenvalue weighted by Gasteiger charge is -2.16. The van der Waals surface area contributed by atoms with Crippen molar-refractivity contribution in [2.45, 2.75) is 19.1 Å². The molecular formula is C20H16ClF3N6O2S. The molecule has 13 heteroatoms. The normalized spacial score (nSPS) is 14.0. The molecule has 4 rings (SSSR count). The van der Waals surface area contributed by atoms with E-state index in [1.807, 2.05) is 0 Å². The number of fused-ring (bicyclic) bond motifs is 1. The monoisotopic (exact) mass is 496 g/mol. The summed E-state index contributed by atoms with van der Waals surface area (Å²) in [5, 5.41) is 8.28. The van der Waals surface area contributed by atoms with Crippen LogP contribution in [0, 0.1) is 0 Å². The van der Waals surface area contributed by atoms with Gasteiger partial charge >= 0.3 is 6.18 Å². The number of carbonyl (C=O) groups excluding carboxylic acids is 2. The van der Waals surface area contributed by atoms with Crippen LogP contribution in [0.25, 0.3) is 0 Å². The molecule has 1 aromatic carbocycles. The Morgan fingerprint density at radius 3 is 2.76 bits per heavy atom. The van der Waals surface area contributed by atoms with Crippen molar-refractivity contribution in [3.05, 3.63) is 62.7 Å². The molecule has 0 saturated carbocycles. The molecule has 2 aromatic heterocycles. The Labute approximate surface area is 194 Å². The van der Waals surface area contributed by atoms with E-state index in [4.69, 9.17) is 11.6 Å². The number of nitrogens with zero attached hydrogens (tertiary/aromatic N) is 2. The van der Waals surface area contributed by atoms with Crippen LogP contribution in [0.2, 0.25) is 5.02 Å². The van der Waals surface area contributed by atoms with Crippen molar-refractivity contribution in [1.82, 2.24) is 15.3 Å². The molecule has 1 aliphatic heterocycles. The summed E-state index contributed by atoms with van der Waals surface area (Å²) in [5.41, 5.74) is 0.0587. The summed E-state index contributed by atoms with van der Waals surface area (Å²) in [5.74, 6) is -0.238. The maximum Gasteiger partial charge on any atom is 0.417 e. The number of rotatable bonds is 5. The van der Waals surface area contributed by atoms with Gasteiger partial charge in [0.15, 0.2) is 0 Å². The summed E-state index contributed by atoms with van der Waals surface area (Å²) in [7, 11) is 0. The molecule has 0 bridgehead atoms. The predicted octanol–water partition coefficient (Wildman–Crippen LogP) is 4.45. The van der Waals surface area contributed by atoms with E-state index in [0.29, 0.717) is 16.4 Å². The number of nitrogens with one attached hydrogen (secondary N) is 4. The molecule has 33 heavy (non-hydrogen) atoms. The lowest BCUT2D eigenvalue weighted by Crippen LogP contribution is -2.35. The van der Waals surface area contributed by atoms with Gasteiger partial charge in [-0.2, -0.15) is 13.2 Å². The second-order valence-electron chi connectivity index (χ2n) is 7.01. The molecule has 1 unspecified atom stereocenters. The number of aromatic nitrogens is 2. The molecular weight excluding hydrogens is 481 g/mol. The van der Waals surface area contributed by atoms with E-state index in [1.165, 1.54) is 6.20 Å². The van der Waals surface area contributed by atoms with Crippen molar-refractivity contribution in [1.29, 1.82) is 0 Å². The molecule has 0 fully saturated rings. The lowest BCUT2D eigenvalue weighted by molar-refractivity contribution is -0.137. The topological polar surface area (TPSA) is 111 Å². The van der Waals surface area contributed by atoms with Gasteiger partial charge in [-0.15, -0.1) is 11.3 Å². The standard InChI is InChI=1S/C20H16ClF3N6O2S/c1-9(29-18(32)15-11-4-5-25-16(11)28-8-27-15)19-26-7-14(33-19)17(31)30-10-2-3-12(13(21)6-10)20(22,23)24/h2-7,9,25,28H,8H2,1H3,(H,29,32)(H,30,31). The summed E-state index contributed by atoms with van der Waals surface area (Å²) in [6.07, 6.45) is -1.56. The van der Waals surface area contributed by atoms with Crippen LogP contribution in [0.15, 0.2) is 41.7 Å². The van der Waals surface area contributed by atoms with E-state index in [9.17, 15) is 22.8 Å². The van der Waals surface area contributed by atoms with Gasteiger partial charge < -0.3 is 20.9 Å². The molecule has 0 aliphatic carbocycles. The number of carbonyl (C=O) groups is 2. The summed E-state index contributed by atoms with van der Waals surface area (Å²) in [6.45, 7) is 1.98. The highest BCUT2D eigenvalue weighted by molar-refractivity contribution is 7.13. The third kappa shape index (κ3) is 4.86. The minimum absolute atomic E-state index is 0.112. The van der Waals surface area contributed by atoms with Gasteiger partial charge in [-0.1, -0.05) is 11.6 Å². The van der Waals surface area contributed by atoms with E-state index in [-0.39, 0.29) is 28.9 Å². The Balaban J connectivity index is 1.41. The van der Waals surface area contributed by atoms with Crippen molar-refractivity contribution < 1.29 is 22.8 Å². The van der Waals surface area contributed by atoms with Crippen molar-refractivity contribution in [3.8, 4) is 0 Å². The van der Waals surface area contributed by atoms with E-state index in [2.05, 4.69) is 30.9 Å². The van der Waals surface area contributed by atoms with Gasteiger partial charge in [0.2, 0.25) is 0 Å². The first kappa shape index (κ1) is 22.8. The van der Waals surface area contributed by atoms with Crippen LogP contribution < -0.4 is 16.0 Å². The minimum Gasteiger partial charge on any atom is -0.352 e. The SMILES string of the molecule is CC(NC(=O)C1=NCNc2[nH]ccc21)c1ncc(C(=O)Nc2ccc(C(F)(F)F)c(Cl)c2)s1. The molecule has 4 N–H and O–H groups in total. The van der Waals surface area contributed by atoms with Crippen LogP contribution in [-0.4, -0.2) is 34.2 Å². The molecule has 8 nitrogen and oxygen atoms in total. The van der Waals surface area contributed by atoms with Crippen LogP contribution >= 0.6 is 22.9 Å². The highest BCUT2D eigenvalue weighted by Gasteiger charge is 2.33.